The van der Waals surface area contributed by atoms with E-state index in [1.807, 2.05) is 58.0 Å². The molecule has 0 spiro atoms. The van der Waals surface area contributed by atoms with Crippen molar-refractivity contribution < 1.29 is 23.9 Å². The zero-order valence-electron chi connectivity index (χ0n) is 27.0. The Labute approximate surface area is 252 Å². The number of ether oxygens (including phenoxy) is 1. The molecule has 1 saturated heterocycles. The number of nitrogens with one attached hydrogen (secondary N) is 2. The number of piperidine rings is 1. The van der Waals surface area contributed by atoms with Gasteiger partial charge in [0.25, 0.3) is 0 Å². The van der Waals surface area contributed by atoms with E-state index in [2.05, 4.69) is 29.4 Å². The fraction of sp³-hybridized carbons (Fsp3) is 0.636. The second-order valence-electron chi connectivity index (χ2n) is 12.3. The van der Waals surface area contributed by atoms with E-state index < -0.39 is 30.0 Å². The molecule has 0 aliphatic carbocycles. The van der Waals surface area contributed by atoms with E-state index in [1.54, 1.807) is 24.9 Å². The van der Waals surface area contributed by atoms with Gasteiger partial charge in [0.05, 0.1) is 19.2 Å². The van der Waals surface area contributed by atoms with Crippen LogP contribution in [0, 0.1) is 11.8 Å². The average Bonchev–Trinajstić information content (AvgIpc) is 2.96. The lowest BCUT2D eigenvalue weighted by Crippen LogP contribution is -2.58. The molecule has 1 aromatic rings. The molecule has 3 amide bonds. The Morgan fingerprint density at radius 3 is 2.19 bits per heavy atom. The highest BCUT2D eigenvalue weighted by Gasteiger charge is 2.36. The smallest absolute Gasteiger partial charge is 0.328 e. The maximum Gasteiger partial charge on any atom is 0.328 e. The molecule has 4 atom stereocenters. The van der Waals surface area contributed by atoms with E-state index in [1.165, 1.54) is 7.11 Å². The van der Waals surface area contributed by atoms with Crippen LogP contribution in [0.15, 0.2) is 42.0 Å². The number of amides is 3. The summed E-state index contributed by atoms with van der Waals surface area (Å²) in [7, 11) is 3.01. The predicted octanol–water partition coefficient (Wildman–Crippen LogP) is 3.72. The van der Waals surface area contributed by atoms with Gasteiger partial charge in [0.2, 0.25) is 17.7 Å². The topological polar surface area (TPSA) is 108 Å². The van der Waals surface area contributed by atoms with Crippen LogP contribution in [0.2, 0.25) is 0 Å². The van der Waals surface area contributed by atoms with Crippen LogP contribution < -0.4 is 10.6 Å². The Hall–Kier alpha value is -3.20. The first-order chi connectivity index (χ1) is 19.8. The number of likely N-dealkylation sites (tertiary alicyclic amines) is 1. The Morgan fingerprint density at radius 2 is 1.64 bits per heavy atom. The van der Waals surface area contributed by atoms with Crippen molar-refractivity contribution in [1.29, 1.82) is 0 Å². The maximum atomic E-state index is 13.8. The molecule has 0 aromatic heterocycles. The predicted molar refractivity (Wildman–Crippen MR) is 165 cm³/mol. The first-order valence-corrected chi connectivity index (χ1v) is 15.2. The van der Waals surface area contributed by atoms with Gasteiger partial charge in [-0.05, 0) is 57.6 Å². The molecule has 9 nitrogen and oxygen atoms in total. The summed E-state index contributed by atoms with van der Waals surface area (Å²) in [5.41, 5.74) is 1.28. The number of methoxy groups -OCH3 is 1. The molecule has 0 bridgehead atoms. The number of likely N-dealkylation sites (N-methyl/N-ethyl adjacent to an activating group) is 1. The fourth-order valence-corrected chi connectivity index (χ4v) is 5.52. The van der Waals surface area contributed by atoms with Gasteiger partial charge in [0.15, 0.2) is 0 Å². The Morgan fingerprint density at radius 1 is 1.00 bits per heavy atom. The highest BCUT2D eigenvalue weighted by Crippen LogP contribution is 2.21. The third-order valence-electron chi connectivity index (χ3n) is 8.07. The molecule has 234 valence electrons. The number of nitrogens with zero attached hydrogens (tertiary/aromatic N) is 2. The molecule has 2 N–H and O–H groups in total. The Kier molecular flexibility index (Phi) is 13.7. The van der Waals surface area contributed by atoms with Gasteiger partial charge in [-0.2, -0.15) is 0 Å². The number of hydrogen-bond acceptors (Lipinski definition) is 6. The molecule has 1 heterocycles. The van der Waals surface area contributed by atoms with Crippen LogP contribution in [0.1, 0.15) is 73.3 Å². The van der Waals surface area contributed by atoms with Crippen LogP contribution in [0.3, 0.4) is 0 Å². The first kappa shape index (κ1) is 35.0. The van der Waals surface area contributed by atoms with Crippen LogP contribution in [-0.2, 0) is 30.3 Å². The van der Waals surface area contributed by atoms with E-state index in [0.717, 1.165) is 31.4 Å². The molecule has 42 heavy (non-hydrogen) atoms. The molecule has 0 unspecified atom stereocenters. The van der Waals surface area contributed by atoms with Gasteiger partial charge in [-0.1, -0.05) is 70.5 Å². The molecule has 0 saturated carbocycles. The summed E-state index contributed by atoms with van der Waals surface area (Å²) >= 11 is 0. The summed E-state index contributed by atoms with van der Waals surface area (Å²) in [6.07, 6.45) is 4.89. The van der Waals surface area contributed by atoms with Crippen LogP contribution in [0.25, 0.3) is 0 Å². The standard InChI is InChI=1S/C33H52N4O5/c1-21(2)28(19-24(7)30(38)34-26(33(41)42-9)20-25-15-11-10-12-16-25)36(8)32(40)29(22(3)4)35-31(39)27-17-13-14-18-37(27)23(5)6/h10-12,15-16,19,21-23,26-29H,13-14,17-18,20H2,1-9H3,(H,34,38)(H,35,39)/t26-,27+,28+,29-/m0/s1. The SMILES string of the molecule is COC(=O)[C@H](Cc1ccccc1)NC(=O)C(C)=C[C@H](C(C)C)N(C)C(=O)[C@@H](NC(=O)[C@H]1CCCCN1C(C)C)C(C)C. The zero-order chi connectivity index (χ0) is 31.6. The lowest BCUT2D eigenvalue weighted by molar-refractivity contribution is -0.144. The van der Waals surface area contributed by atoms with Crippen LogP contribution >= 0.6 is 0 Å². The van der Waals surface area contributed by atoms with Crippen molar-refractivity contribution in [3.8, 4) is 0 Å². The molecule has 1 aliphatic rings. The largest absolute Gasteiger partial charge is 0.467 e. The summed E-state index contributed by atoms with van der Waals surface area (Å²) in [5.74, 6) is -1.39. The third-order valence-corrected chi connectivity index (χ3v) is 8.07. The van der Waals surface area contributed by atoms with Crippen molar-refractivity contribution in [1.82, 2.24) is 20.4 Å². The van der Waals surface area contributed by atoms with E-state index in [0.29, 0.717) is 12.0 Å². The lowest BCUT2D eigenvalue weighted by atomic mass is 9.95. The average molecular weight is 585 g/mol. The Balaban J connectivity index is 2.20. The first-order valence-electron chi connectivity index (χ1n) is 15.2. The van der Waals surface area contributed by atoms with Crippen molar-refractivity contribution in [2.45, 2.75) is 104 Å². The van der Waals surface area contributed by atoms with Gasteiger partial charge in [-0.15, -0.1) is 0 Å². The molecular formula is C33H52N4O5. The maximum absolute atomic E-state index is 13.8. The summed E-state index contributed by atoms with van der Waals surface area (Å²) in [6, 6.07) is 7.45. The second kappa shape index (κ2) is 16.4. The van der Waals surface area contributed by atoms with Gasteiger partial charge in [-0.25, -0.2) is 4.79 Å². The lowest BCUT2D eigenvalue weighted by Gasteiger charge is -2.39. The second-order valence-corrected chi connectivity index (χ2v) is 12.3. The molecule has 2 rings (SSSR count). The molecule has 1 aromatic carbocycles. The zero-order valence-corrected chi connectivity index (χ0v) is 27.0. The number of benzene rings is 1. The van der Waals surface area contributed by atoms with Crippen LogP contribution in [-0.4, -0.2) is 84.4 Å². The van der Waals surface area contributed by atoms with E-state index in [4.69, 9.17) is 4.74 Å². The normalized spacial score (nSPS) is 18.4. The molecular weight excluding hydrogens is 532 g/mol. The molecule has 0 radical (unpaired) electrons. The minimum atomic E-state index is -0.851. The van der Waals surface area contributed by atoms with Gasteiger partial charge >= 0.3 is 5.97 Å². The van der Waals surface area contributed by atoms with E-state index in [-0.39, 0.29) is 35.7 Å². The van der Waals surface area contributed by atoms with Gasteiger partial charge < -0.3 is 20.3 Å². The number of carbonyl (C=O) groups is 4. The van der Waals surface area contributed by atoms with Crippen LogP contribution in [0.5, 0.6) is 0 Å². The van der Waals surface area contributed by atoms with Crippen molar-refractivity contribution in [2.24, 2.45) is 11.8 Å². The molecule has 1 aliphatic heterocycles. The fourth-order valence-electron chi connectivity index (χ4n) is 5.52. The third kappa shape index (κ3) is 9.68. The monoisotopic (exact) mass is 584 g/mol. The number of carbonyl (C=O) groups excluding carboxylic acids is 4. The van der Waals surface area contributed by atoms with Gasteiger partial charge in [-0.3, -0.25) is 19.3 Å². The Bertz CT molecular complexity index is 1090. The number of rotatable bonds is 13. The van der Waals surface area contributed by atoms with Crippen molar-refractivity contribution >= 4 is 23.7 Å². The minimum Gasteiger partial charge on any atom is -0.467 e. The van der Waals surface area contributed by atoms with E-state index in [9.17, 15) is 19.2 Å². The summed E-state index contributed by atoms with van der Waals surface area (Å²) in [6.45, 7) is 14.6. The highest BCUT2D eigenvalue weighted by molar-refractivity contribution is 5.96. The minimum absolute atomic E-state index is 0.0132. The van der Waals surface area contributed by atoms with Crippen molar-refractivity contribution in [3.05, 3.63) is 47.5 Å². The summed E-state index contributed by atoms with van der Waals surface area (Å²) in [5, 5.41) is 5.86. The van der Waals surface area contributed by atoms with Crippen molar-refractivity contribution in [2.75, 3.05) is 20.7 Å². The highest BCUT2D eigenvalue weighted by atomic mass is 16.5. The number of hydrogen-bond donors (Lipinski definition) is 2. The van der Waals surface area contributed by atoms with Gasteiger partial charge in [0.1, 0.15) is 12.1 Å². The van der Waals surface area contributed by atoms with Gasteiger partial charge in [0, 0.05) is 25.1 Å². The molecule has 1 fully saturated rings. The summed E-state index contributed by atoms with van der Waals surface area (Å²) in [4.78, 5) is 56.7. The quantitative estimate of drug-likeness (QED) is 0.270. The van der Waals surface area contributed by atoms with Crippen LogP contribution in [0.4, 0.5) is 0 Å². The van der Waals surface area contributed by atoms with E-state index >= 15 is 0 Å². The molecule has 9 heteroatoms. The summed E-state index contributed by atoms with van der Waals surface area (Å²) < 4.78 is 4.93. The van der Waals surface area contributed by atoms with Crippen molar-refractivity contribution in [3.63, 3.8) is 0 Å². The number of esters is 1.